The molecule has 8 heteroatoms. The van der Waals surface area contributed by atoms with Gasteiger partial charge >= 0.3 is 0 Å². The molecule has 0 amide bonds. The number of methoxy groups -OCH3 is 1. The molecule has 0 spiro atoms. The second-order valence-electron chi connectivity index (χ2n) is 5.89. The average Bonchev–Trinajstić information content (AvgIpc) is 3.32. The molecule has 0 saturated heterocycles. The van der Waals surface area contributed by atoms with E-state index in [-0.39, 0.29) is 6.04 Å². The molecule has 27 heavy (non-hydrogen) atoms. The van der Waals surface area contributed by atoms with Crippen molar-refractivity contribution in [3.05, 3.63) is 59.6 Å². The molecular weight excluding hydrogens is 378 g/mol. The number of benzene rings is 1. The second kappa shape index (κ2) is 9.40. The van der Waals surface area contributed by atoms with E-state index in [1.54, 1.807) is 24.7 Å². The Balaban J connectivity index is 1.77. The summed E-state index contributed by atoms with van der Waals surface area (Å²) in [6.45, 7) is 2.55. The number of rotatable bonds is 7. The van der Waals surface area contributed by atoms with Crippen molar-refractivity contribution in [2.45, 2.75) is 13.0 Å². The smallest absolute Gasteiger partial charge is 0.187 e. The molecule has 1 atom stereocenters. The third-order valence-electron chi connectivity index (χ3n) is 3.68. The lowest BCUT2D eigenvalue weighted by Gasteiger charge is -2.13. The number of hydrogen-bond donors (Lipinski definition) is 2. The van der Waals surface area contributed by atoms with Crippen LogP contribution in [0, 0.1) is 0 Å². The van der Waals surface area contributed by atoms with Gasteiger partial charge in [0.15, 0.2) is 5.11 Å². The van der Waals surface area contributed by atoms with Crippen LogP contribution in [-0.4, -0.2) is 40.9 Å². The molecular formula is C19H21N5OS2. The van der Waals surface area contributed by atoms with E-state index in [1.165, 1.54) is 0 Å². The molecule has 2 heterocycles. The number of para-hydroxylation sites is 1. The van der Waals surface area contributed by atoms with Gasteiger partial charge in [-0.15, -0.1) is 11.3 Å². The molecule has 1 aromatic carbocycles. The fourth-order valence-electron chi connectivity index (χ4n) is 2.51. The Kier molecular flexibility index (Phi) is 6.69. The van der Waals surface area contributed by atoms with E-state index in [9.17, 15) is 0 Å². The van der Waals surface area contributed by atoms with Crippen molar-refractivity contribution >= 4 is 34.9 Å². The Morgan fingerprint density at radius 1 is 1.33 bits per heavy atom. The summed E-state index contributed by atoms with van der Waals surface area (Å²) in [4.78, 5) is 1.08. The fraction of sp³-hybridized carbons (Fsp3) is 0.211. The maximum absolute atomic E-state index is 5.24. The van der Waals surface area contributed by atoms with Crippen molar-refractivity contribution in [3.63, 3.8) is 0 Å². The molecule has 0 radical (unpaired) electrons. The monoisotopic (exact) mass is 399 g/mol. The Bertz CT molecular complexity index is 890. The van der Waals surface area contributed by atoms with E-state index in [1.807, 2.05) is 65.6 Å². The van der Waals surface area contributed by atoms with Gasteiger partial charge in [-0.3, -0.25) is 5.43 Å². The first kappa shape index (κ1) is 19.2. The van der Waals surface area contributed by atoms with Crippen molar-refractivity contribution in [3.8, 4) is 16.3 Å². The van der Waals surface area contributed by atoms with Crippen molar-refractivity contribution in [1.82, 2.24) is 20.5 Å². The number of hydrazone groups is 1. The minimum Gasteiger partial charge on any atom is -0.383 e. The zero-order valence-electron chi connectivity index (χ0n) is 15.1. The number of nitrogens with one attached hydrogen (secondary N) is 2. The molecule has 0 aliphatic carbocycles. The molecule has 6 nitrogen and oxygen atoms in total. The summed E-state index contributed by atoms with van der Waals surface area (Å²) in [7, 11) is 1.66. The first-order valence-electron chi connectivity index (χ1n) is 8.45. The third-order valence-corrected chi connectivity index (χ3v) is 4.77. The van der Waals surface area contributed by atoms with Gasteiger partial charge in [-0.25, -0.2) is 4.68 Å². The van der Waals surface area contributed by atoms with Crippen LogP contribution < -0.4 is 10.7 Å². The Labute approximate surface area is 167 Å². The van der Waals surface area contributed by atoms with Gasteiger partial charge in [-0.1, -0.05) is 24.3 Å². The lowest BCUT2D eigenvalue weighted by atomic mass is 10.2. The molecule has 0 fully saturated rings. The zero-order valence-corrected chi connectivity index (χ0v) is 16.8. The number of thiophene rings is 1. The van der Waals surface area contributed by atoms with Gasteiger partial charge in [0.2, 0.25) is 0 Å². The van der Waals surface area contributed by atoms with E-state index in [2.05, 4.69) is 15.8 Å². The number of hydrogen-bond acceptors (Lipinski definition) is 5. The average molecular weight is 400 g/mol. The molecule has 2 N–H and O–H groups in total. The van der Waals surface area contributed by atoms with Gasteiger partial charge in [0.05, 0.1) is 23.4 Å². The second-order valence-corrected chi connectivity index (χ2v) is 7.25. The van der Waals surface area contributed by atoms with Gasteiger partial charge in [0, 0.05) is 24.9 Å². The van der Waals surface area contributed by atoms with E-state index >= 15 is 0 Å². The fourth-order valence-corrected chi connectivity index (χ4v) is 3.49. The summed E-state index contributed by atoms with van der Waals surface area (Å²) in [5.41, 5.74) is 5.62. The van der Waals surface area contributed by atoms with Crippen LogP contribution in [0.15, 0.2) is 59.1 Å². The van der Waals surface area contributed by atoms with Gasteiger partial charge in [0.1, 0.15) is 5.69 Å². The summed E-state index contributed by atoms with van der Waals surface area (Å²) in [5.74, 6) is 0. The van der Waals surface area contributed by atoms with Crippen LogP contribution in [0.2, 0.25) is 0 Å². The summed E-state index contributed by atoms with van der Waals surface area (Å²) < 4.78 is 6.94. The van der Waals surface area contributed by atoms with Crippen LogP contribution in [0.1, 0.15) is 12.5 Å². The van der Waals surface area contributed by atoms with Gasteiger partial charge in [0.25, 0.3) is 0 Å². The standard InChI is InChI=1S/C19H21N5OS2/c1-14(13-25-2)21-19(26)22-20-11-15-12-24(16-7-4-3-5-8-16)23-18(15)17-9-6-10-27-17/h3-12,14H,13H2,1-2H3,(H2,21,22,26)/b20-11-/t14-/m1/s1. The predicted octanol–water partition coefficient (Wildman–Crippen LogP) is 3.43. The summed E-state index contributed by atoms with van der Waals surface area (Å²) in [6.07, 6.45) is 3.69. The molecule has 0 aliphatic heterocycles. The van der Waals surface area contributed by atoms with Crippen LogP contribution in [0.25, 0.3) is 16.3 Å². The van der Waals surface area contributed by atoms with Gasteiger partial charge < -0.3 is 10.1 Å². The molecule has 0 saturated carbocycles. The van der Waals surface area contributed by atoms with Crippen LogP contribution in [0.5, 0.6) is 0 Å². The lowest BCUT2D eigenvalue weighted by Crippen LogP contribution is -2.40. The van der Waals surface area contributed by atoms with Crippen molar-refractivity contribution < 1.29 is 4.74 Å². The van der Waals surface area contributed by atoms with Gasteiger partial charge in [-0.05, 0) is 42.7 Å². The first-order chi connectivity index (χ1) is 13.2. The van der Waals surface area contributed by atoms with E-state index in [4.69, 9.17) is 22.1 Å². The largest absolute Gasteiger partial charge is 0.383 e. The zero-order chi connectivity index (χ0) is 19.1. The van der Waals surface area contributed by atoms with E-state index < -0.39 is 0 Å². The number of ether oxygens (including phenoxy) is 1. The molecule has 0 bridgehead atoms. The van der Waals surface area contributed by atoms with Crippen LogP contribution >= 0.6 is 23.6 Å². The van der Waals surface area contributed by atoms with E-state index in [0.29, 0.717) is 11.7 Å². The Morgan fingerprint density at radius 2 is 2.15 bits per heavy atom. The van der Waals surface area contributed by atoms with Crippen LogP contribution in [0.3, 0.4) is 0 Å². The molecule has 0 unspecified atom stereocenters. The predicted molar refractivity (Wildman–Crippen MR) is 115 cm³/mol. The molecule has 3 rings (SSSR count). The topological polar surface area (TPSA) is 63.5 Å². The first-order valence-corrected chi connectivity index (χ1v) is 9.73. The van der Waals surface area contributed by atoms with Crippen LogP contribution in [0.4, 0.5) is 0 Å². The maximum Gasteiger partial charge on any atom is 0.187 e. The number of nitrogens with zero attached hydrogens (tertiary/aromatic N) is 3. The summed E-state index contributed by atoms with van der Waals surface area (Å²) in [5, 5.41) is 14.6. The third kappa shape index (κ3) is 5.22. The highest BCUT2D eigenvalue weighted by molar-refractivity contribution is 7.80. The lowest BCUT2D eigenvalue weighted by molar-refractivity contribution is 0.179. The highest BCUT2D eigenvalue weighted by atomic mass is 32.1. The van der Waals surface area contributed by atoms with E-state index in [0.717, 1.165) is 21.8 Å². The van der Waals surface area contributed by atoms with Crippen molar-refractivity contribution in [2.24, 2.45) is 5.10 Å². The minimum atomic E-state index is 0.104. The molecule has 3 aromatic rings. The molecule has 2 aromatic heterocycles. The van der Waals surface area contributed by atoms with Crippen molar-refractivity contribution in [1.29, 1.82) is 0 Å². The highest BCUT2D eigenvalue weighted by Gasteiger charge is 2.12. The minimum absolute atomic E-state index is 0.104. The highest BCUT2D eigenvalue weighted by Crippen LogP contribution is 2.26. The summed E-state index contributed by atoms with van der Waals surface area (Å²) >= 11 is 6.89. The Morgan fingerprint density at radius 3 is 2.85 bits per heavy atom. The molecule has 140 valence electrons. The number of thiocarbonyl (C=S) groups is 1. The quantitative estimate of drug-likeness (QED) is 0.362. The maximum atomic E-state index is 5.24. The Hall–Kier alpha value is -2.55. The van der Waals surface area contributed by atoms with Gasteiger partial charge in [-0.2, -0.15) is 10.2 Å². The molecule has 0 aliphatic rings. The SMILES string of the molecule is COC[C@@H](C)NC(=S)N/N=C\c1cn(-c2ccccc2)nc1-c1cccs1. The van der Waals surface area contributed by atoms with Crippen molar-refractivity contribution in [2.75, 3.05) is 13.7 Å². The number of aromatic nitrogens is 2. The summed E-state index contributed by atoms with van der Waals surface area (Å²) in [6, 6.07) is 14.2. The normalized spacial score (nSPS) is 12.2. The van der Waals surface area contributed by atoms with Crippen LogP contribution in [-0.2, 0) is 4.74 Å².